The molecule has 1 N–H and O–H groups in total. The summed E-state index contributed by atoms with van der Waals surface area (Å²) in [6.07, 6.45) is 1.62. The van der Waals surface area contributed by atoms with Crippen LogP contribution in [0, 0.1) is 11.3 Å². The van der Waals surface area contributed by atoms with Gasteiger partial charge in [0.2, 0.25) is 0 Å². The molecule has 0 amide bonds. The molecule has 92 valence electrons. The summed E-state index contributed by atoms with van der Waals surface area (Å²) in [5.74, 6) is 0. The van der Waals surface area contributed by atoms with E-state index < -0.39 is 0 Å². The van der Waals surface area contributed by atoms with Crippen molar-refractivity contribution in [1.82, 2.24) is 4.98 Å². The average molecular weight is 312 g/mol. The molecule has 0 saturated heterocycles. The van der Waals surface area contributed by atoms with E-state index >= 15 is 0 Å². The molecule has 4 heteroatoms. The van der Waals surface area contributed by atoms with Gasteiger partial charge in [-0.1, -0.05) is 40.2 Å². The summed E-state index contributed by atoms with van der Waals surface area (Å²) >= 11 is 3.59. The minimum absolute atomic E-state index is 0.553. The van der Waals surface area contributed by atoms with Crippen molar-refractivity contribution in [3.63, 3.8) is 0 Å². The van der Waals surface area contributed by atoms with Gasteiger partial charge in [0.05, 0.1) is 16.8 Å². The summed E-state index contributed by atoms with van der Waals surface area (Å²) in [6.45, 7) is 0. The lowest BCUT2D eigenvalue weighted by atomic mass is 10.0. The Bertz CT molecular complexity index is 834. The summed E-state index contributed by atoms with van der Waals surface area (Å²) in [5, 5.41) is 15.4. The third-order valence-electron chi connectivity index (χ3n) is 3.20. The number of fused-ring (bicyclic) bond motifs is 3. The predicted octanol–water partition coefficient (Wildman–Crippen LogP) is 4.06. The van der Waals surface area contributed by atoms with Gasteiger partial charge in [0.1, 0.15) is 6.07 Å². The van der Waals surface area contributed by atoms with Gasteiger partial charge < -0.3 is 5.32 Å². The summed E-state index contributed by atoms with van der Waals surface area (Å²) in [7, 11) is 1.82. The number of benzene rings is 2. The minimum atomic E-state index is 0.553. The maximum atomic E-state index is 9.15. The molecule has 0 aliphatic rings. The molecule has 0 atom stereocenters. The molecule has 0 aliphatic carbocycles. The van der Waals surface area contributed by atoms with Gasteiger partial charge in [0.15, 0.2) is 0 Å². The van der Waals surface area contributed by atoms with Crippen LogP contribution in [0.25, 0.3) is 21.7 Å². The zero-order valence-corrected chi connectivity index (χ0v) is 11.8. The molecule has 3 nitrogen and oxygen atoms in total. The van der Waals surface area contributed by atoms with E-state index in [9.17, 15) is 0 Å². The van der Waals surface area contributed by atoms with Gasteiger partial charge in [-0.25, -0.2) is 0 Å². The Kier molecular flexibility index (Phi) is 2.84. The number of hydrogen-bond acceptors (Lipinski definition) is 3. The van der Waals surface area contributed by atoms with E-state index in [4.69, 9.17) is 5.26 Å². The number of rotatable bonds is 1. The van der Waals surface area contributed by atoms with Crippen LogP contribution in [0.3, 0.4) is 0 Å². The second-order valence-corrected chi connectivity index (χ2v) is 5.06. The van der Waals surface area contributed by atoms with E-state index in [-0.39, 0.29) is 0 Å². The largest absolute Gasteiger partial charge is 0.386 e. The number of hydrogen-bond donors (Lipinski definition) is 1. The van der Waals surface area contributed by atoms with Crippen LogP contribution in [0.1, 0.15) is 5.56 Å². The van der Waals surface area contributed by atoms with E-state index in [0.29, 0.717) is 5.56 Å². The second-order valence-electron chi connectivity index (χ2n) is 4.21. The molecule has 1 aromatic heterocycles. The van der Waals surface area contributed by atoms with E-state index in [2.05, 4.69) is 38.4 Å². The van der Waals surface area contributed by atoms with Crippen LogP contribution in [0.4, 0.5) is 5.69 Å². The molecule has 2 aromatic carbocycles. The van der Waals surface area contributed by atoms with Crippen LogP contribution in [0.5, 0.6) is 0 Å². The first-order valence-electron chi connectivity index (χ1n) is 5.84. The molecule has 1 heterocycles. The van der Waals surface area contributed by atoms with Crippen LogP contribution >= 0.6 is 15.9 Å². The molecule has 0 bridgehead atoms. The molecule has 0 saturated carbocycles. The Balaban J connectivity index is 2.57. The Hall–Kier alpha value is -2.12. The van der Waals surface area contributed by atoms with E-state index in [1.165, 1.54) is 0 Å². The Labute approximate surface area is 119 Å². The summed E-state index contributed by atoms with van der Waals surface area (Å²) in [4.78, 5) is 4.45. The first-order chi connectivity index (χ1) is 9.26. The zero-order valence-electron chi connectivity index (χ0n) is 10.2. The van der Waals surface area contributed by atoms with Gasteiger partial charge in [-0.15, -0.1) is 0 Å². The third-order valence-corrected chi connectivity index (χ3v) is 3.85. The molecule has 0 unspecified atom stereocenters. The fourth-order valence-corrected chi connectivity index (χ4v) is 2.91. The SMILES string of the molecule is CNc1c(C#N)cnc2c1cc(Br)c1ccccc12. The molecule has 19 heavy (non-hydrogen) atoms. The first kappa shape index (κ1) is 11.9. The lowest BCUT2D eigenvalue weighted by Gasteiger charge is -2.11. The van der Waals surface area contributed by atoms with Crippen molar-refractivity contribution in [3.05, 3.63) is 46.6 Å². The molecule has 0 spiro atoms. The summed E-state index contributed by atoms with van der Waals surface area (Å²) in [6, 6.07) is 12.3. The molecule has 3 aromatic rings. The fraction of sp³-hybridized carbons (Fsp3) is 0.0667. The highest BCUT2D eigenvalue weighted by molar-refractivity contribution is 9.10. The van der Waals surface area contributed by atoms with Crippen molar-refractivity contribution < 1.29 is 0 Å². The van der Waals surface area contributed by atoms with Crippen LogP contribution in [0.2, 0.25) is 0 Å². The quantitative estimate of drug-likeness (QED) is 0.689. The van der Waals surface area contributed by atoms with E-state index in [1.54, 1.807) is 6.20 Å². The number of anilines is 1. The minimum Gasteiger partial charge on any atom is -0.386 e. The van der Waals surface area contributed by atoms with Crippen LogP contribution < -0.4 is 5.32 Å². The number of halogens is 1. The molecule has 0 aliphatic heterocycles. The topological polar surface area (TPSA) is 48.7 Å². The maximum absolute atomic E-state index is 9.15. The van der Waals surface area contributed by atoms with Gasteiger partial charge >= 0.3 is 0 Å². The van der Waals surface area contributed by atoms with Gasteiger partial charge in [-0.05, 0) is 11.5 Å². The monoisotopic (exact) mass is 311 g/mol. The van der Waals surface area contributed by atoms with Crippen molar-refractivity contribution in [2.24, 2.45) is 0 Å². The van der Waals surface area contributed by atoms with Crippen LogP contribution in [-0.2, 0) is 0 Å². The standard InChI is InChI=1S/C15H10BrN3/c1-18-14-9(7-17)8-19-15-11-5-3-2-4-10(11)13(16)6-12(14)15/h2-6,8H,1H3,(H,18,19). The number of nitrogens with one attached hydrogen (secondary N) is 1. The van der Waals surface area contributed by atoms with Crippen LogP contribution in [0.15, 0.2) is 41.0 Å². The van der Waals surface area contributed by atoms with Gasteiger partial charge in [0, 0.05) is 28.5 Å². The predicted molar refractivity (Wildman–Crippen MR) is 81.2 cm³/mol. The molecular formula is C15H10BrN3. The van der Waals surface area contributed by atoms with Gasteiger partial charge in [-0.3, -0.25) is 4.98 Å². The maximum Gasteiger partial charge on any atom is 0.103 e. The average Bonchev–Trinajstić information content (AvgIpc) is 2.46. The number of pyridine rings is 1. The number of nitrogens with zero attached hydrogens (tertiary/aromatic N) is 2. The normalized spacial score (nSPS) is 10.6. The lowest BCUT2D eigenvalue weighted by molar-refractivity contribution is 1.36. The zero-order chi connectivity index (χ0) is 13.4. The lowest BCUT2D eigenvalue weighted by Crippen LogP contribution is -1.96. The van der Waals surface area contributed by atoms with E-state index in [1.807, 2.05) is 31.3 Å². The van der Waals surface area contributed by atoms with Crippen molar-refractivity contribution in [2.75, 3.05) is 12.4 Å². The number of nitriles is 1. The van der Waals surface area contributed by atoms with Crippen molar-refractivity contribution in [1.29, 1.82) is 5.26 Å². The van der Waals surface area contributed by atoms with Gasteiger partial charge in [0.25, 0.3) is 0 Å². The Morgan fingerprint density at radius 1 is 1.21 bits per heavy atom. The second kappa shape index (κ2) is 4.52. The highest BCUT2D eigenvalue weighted by Crippen LogP contribution is 2.35. The van der Waals surface area contributed by atoms with Crippen molar-refractivity contribution in [3.8, 4) is 6.07 Å². The van der Waals surface area contributed by atoms with Crippen molar-refractivity contribution >= 4 is 43.3 Å². The first-order valence-corrected chi connectivity index (χ1v) is 6.63. The molecule has 0 fully saturated rings. The molecular weight excluding hydrogens is 302 g/mol. The molecule has 3 rings (SSSR count). The summed E-state index contributed by atoms with van der Waals surface area (Å²) < 4.78 is 1.00. The smallest absolute Gasteiger partial charge is 0.103 e. The highest BCUT2D eigenvalue weighted by atomic mass is 79.9. The van der Waals surface area contributed by atoms with E-state index in [0.717, 1.165) is 31.8 Å². The Morgan fingerprint density at radius 3 is 2.63 bits per heavy atom. The fourth-order valence-electron chi connectivity index (χ4n) is 2.34. The van der Waals surface area contributed by atoms with Gasteiger partial charge in [-0.2, -0.15) is 5.26 Å². The third kappa shape index (κ3) is 1.74. The molecule has 0 radical (unpaired) electrons. The van der Waals surface area contributed by atoms with Crippen LogP contribution in [-0.4, -0.2) is 12.0 Å². The number of aromatic nitrogens is 1. The summed E-state index contributed by atoms with van der Waals surface area (Å²) in [5.41, 5.74) is 2.28. The van der Waals surface area contributed by atoms with Crippen molar-refractivity contribution in [2.45, 2.75) is 0 Å². The Morgan fingerprint density at radius 2 is 1.95 bits per heavy atom. The highest BCUT2D eigenvalue weighted by Gasteiger charge is 2.11.